The molecule has 0 aromatic heterocycles. The van der Waals surface area contributed by atoms with E-state index < -0.39 is 0 Å². The number of benzene rings is 1. The van der Waals surface area contributed by atoms with Crippen molar-refractivity contribution in [2.75, 3.05) is 17.7 Å². The first kappa shape index (κ1) is 15.7. The minimum Gasteiger partial charge on any atom is -0.462 e. The number of carbonyl (C=O) groups excluding carboxylic acids is 1. The molecule has 2 rings (SSSR count). The van der Waals surface area contributed by atoms with E-state index in [9.17, 15) is 4.79 Å². The third kappa shape index (κ3) is 4.13. The van der Waals surface area contributed by atoms with Crippen molar-refractivity contribution in [2.45, 2.75) is 52.0 Å². The molecular formula is C17H26N2O2. The topological polar surface area (TPSA) is 64.3 Å². The van der Waals surface area contributed by atoms with E-state index in [1.807, 2.05) is 19.1 Å². The second-order valence-electron chi connectivity index (χ2n) is 5.81. The lowest BCUT2D eigenvalue weighted by Crippen LogP contribution is -2.28. The van der Waals surface area contributed by atoms with Crippen LogP contribution in [0.3, 0.4) is 0 Å². The molecule has 1 aromatic rings. The zero-order valence-electron chi connectivity index (χ0n) is 13.0. The lowest BCUT2D eigenvalue weighted by atomic mass is 9.84. The smallest absolute Gasteiger partial charge is 0.340 e. The Kier molecular flexibility index (Phi) is 5.48. The second kappa shape index (κ2) is 7.34. The number of hydrogen-bond donors (Lipinski definition) is 2. The van der Waals surface area contributed by atoms with Crippen molar-refractivity contribution in [2.24, 2.45) is 5.92 Å². The number of ether oxygens (including phenoxy) is 1. The van der Waals surface area contributed by atoms with E-state index in [-0.39, 0.29) is 5.97 Å². The fourth-order valence-electron chi connectivity index (χ4n) is 3.08. The van der Waals surface area contributed by atoms with Crippen LogP contribution in [0, 0.1) is 5.92 Å². The number of hydrogen-bond acceptors (Lipinski definition) is 4. The van der Waals surface area contributed by atoms with Gasteiger partial charge in [0.1, 0.15) is 0 Å². The summed E-state index contributed by atoms with van der Waals surface area (Å²) in [5, 5.41) is 3.52. The van der Waals surface area contributed by atoms with Crippen molar-refractivity contribution >= 4 is 17.3 Å². The molecule has 3 N–H and O–H groups in total. The van der Waals surface area contributed by atoms with Gasteiger partial charge in [-0.15, -0.1) is 0 Å². The normalized spacial score (nSPS) is 21.8. The molecule has 1 saturated carbocycles. The Bertz CT molecular complexity index is 488. The molecule has 21 heavy (non-hydrogen) atoms. The lowest BCUT2D eigenvalue weighted by Gasteiger charge is -2.30. The van der Waals surface area contributed by atoms with Crippen LogP contribution in [0.4, 0.5) is 11.4 Å². The zero-order chi connectivity index (χ0) is 15.2. The van der Waals surface area contributed by atoms with E-state index in [0.717, 1.165) is 18.0 Å². The summed E-state index contributed by atoms with van der Waals surface area (Å²) in [5.41, 5.74) is 7.76. The number of nitrogens with two attached hydrogens (primary N) is 1. The van der Waals surface area contributed by atoms with Gasteiger partial charge in [0.15, 0.2) is 0 Å². The molecule has 4 nitrogen and oxygen atoms in total. The molecule has 0 spiro atoms. The van der Waals surface area contributed by atoms with Gasteiger partial charge in [0.05, 0.1) is 12.2 Å². The summed E-state index contributed by atoms with van der Waals surface area (Å²) in [5.74, 6) is 0.478. The van der Waals surface area contributed by atoms with Crippen LogP contribution in [0.15, 0.2) is 18.2 Å². The fourth-order valence-corrected chi connectivity index (χ4v) is 3.08. The van der Waals surface area contributed by atoms with Gasteiger partial charge in [-0.25, -0.2) is 4.79 Å². The van der Waals surface area contributed by atoms with Gasteiger partial charge in [-0.05, 0) is 43.9 Å². The highest BCUT2D eigenvalue weighted by Gasteiger charge is 2.22. The average molecular weight is 290 g/mol. The highest BCUT2D eigenvalue weighted by Crippen LogP contribution is 2.30. The Labute approximate surface area is 127 Å². The first-order valence-corrected chi connectivity index (χ1v) is 7.97. The van der Waals surface area contributed by atoms with Crippen molar-refractivity contribution in [1.29, 1.82) is 0 Å². The Morgan fingerprint density at radius 2 is 2.19 bits per heavy atom. The number of carbonyl (C=O) groups is 1. The van der Waals surface area contributed by atoms with Gasteiger partial charge < -0.3 is 15.8 Å². The summed E-state index contributed by atoms with van der Waals surface area (Å²) in [6, 6.07) is 5.84. The third-order valence-corrected chi connectivity index (χ3v) is 4.26. The van der Waals surface area contributed by atoms with E-state index in [1.165, 1.54) is 25.7 Å². The van der Waals surface area contributed by atoms with E-state index in [1.54, 1.807) is 6.07 Å². The van der Waals surface area contributed by atoms with Gasteiger partial charge in [-0.2, -0.15) is 0 Å². The van der Waals surface area contributed by atoms with Crippen LogP contribution in [0.1, 0.15) is 56.3 Å². The van der Waals surface area contributed by atoms with Gasteiger partial charge in [-0.1, -0.05) is 26.2 Å². The molecule has 1 fully saturated rings. The largest absolute Gasteiger partial charge is 0.462 e. The van der Waals surface area contributed by atoms with Crippen LogP contribution in [0.2, 0.25) is 0 Å². The molecule has 4 heteroatoms. The maximum Gasteiger partial charge on any atom is 0.340 e. The Balaban J connectivity index is 2.13. The van der Waals surface area contributed by atoms with Gasteiger partial charge >= 0.3 is 5.97 Å². The van der Waals surface area contributed by atoms with E-state index in [2.05, 4.69) is 12.2 Å². The van der Waals surface area contributed by atoms with Crippen molar-refractivity contribution in [1.82, 2.24) is 0 Å². The second-order valence-corrected chi connectivity index (χ2v) is 5.81. The quantitative estimate of drug-likeness (QED) is 0.639. The van der Waals surface area contributed by atoms with E-state index in [4.69, 9.17) is 10.5 Å². The minimum absolute atomic E-state index is 0.310. The van der Waals surface area contributed by atoms with Gasteiger partial charge in [0.25, 0.3) is 0 Å². The molecule has 2 atom stereocenters. The van der Waals surface area contributed by atoms with Gasteiger partial charge in [0, 0.05) is 17.4 Å². The molecule has 1 aliphatic rings. The Morgan fingerprint density at radius 3 is 2.90 bits per heavy atom. The molecule has 1 aliphatic carbocycles. The summed E-state index contributed by atoms with van der Waals surface area (Å²) in [7, 11) is 0. The Morgan fingerprint density at radius 1 is 1.38 bits per heavy atom. The van der Waals surface area contributed by atoms with Crippen LogP contribution in [0.5, 0.6) is 0 Å². The highest BCUT2D eigenvalue weighted by atomic mass is 16.5. The molecule has 116 valence electrons. The first-order valence-electron chi connectivity index (χ1n) is 7.97. The summed E-state index contributed by atoms with van der Waals surface area (Å²) in [4.78, 5) is 12.1. The van der Waals surface area contributed by atoms with Gasteiger partial charge in [0.2, 0.25) is 0 Å². The molecule has 2 unspecified atom stereocenters. The van der Waals surface area contributed by atoms with Crippen LogP contribution >= 0.6 is 0 Å². The average Bonchev–Trinajstić information content (AvgIpc) is 2.49. The molecule has 0 radical (unpaired) electrons. The molecular weight excluding hydrogens is 264 g/mol. The minimum atomic E-state index is -0.310. The predicted octanol–water partition coefficient (Wildman–Crippen LogP) is 3.83. The van der Waals surface area contributed by atoms with Crippen molar-refractivity contribution in [3.8, 4) is 0 Å². The van der Waals surface area contributed by atoms with E-state index in [0.29, 0.717) is 23.9 Å². The molecule has 0 aliphatic heterocycles. The number of esters is 1. The molecule has 1 aromatic carbocycles. The summed E-state index contributed by atoms with van der Waals surface area (Å²) in [6.45, 7) is 4.43. The molecule has 0 heterocycles. The predicted molar refractivity (Wildman–Crippen MR) is 86.5 cm³/mol. The molecule has 0 amide bonds. The first-order chi connectivity index (χ1) is 10.1. The van der Waals surface area contributed by atoms with Crippen LogP contribution in [-0.2, 0) is 4.74 Å². The number of nitrogen functional groups attached to an aromatic ring is 1. The van der Waals surface area contributed by atoms with Crippen molar-refractivity contribution in [3.05, 3.63) is 23.8 Å². The third-order valence-electron chi connectivity index (χ3n) is 4.26. The molecule has 0 saturated heterocycles. The maximum atomic E-state index is 12.1. The number of rotatable bonds is 5. The fraction of sp³-hybridized carbons (Fsp3) is 0.588. The summed E-state index contributed by atoms with van der Waals surface area (Å²) >= 11 is 0. The Hall–Kier alpha value is -1.71. The standard InChI is InChI=1S/C17H26N2O2/c1-3-12-6-5-7-14(10-12)19-16-9-8-13(18)11-15(16)17(20)21-4-2/h8-9,11-12,14,19H,3-7,10,18H2,1-2H3. The van der Waals surface area contributed by atoms with Crippen LogP contribution in [0.25, 0.3) is 0 Å². The maximum absolute atomic E-state index is 12.1. The number of nitrogens with one attached hydrogen (secondary N) is 1. The van der Waals surface area contributed by atoms with Crippen LogP contribution in [-0.4, -0.2) is 18.6 Å². The summed E-state index contributed by atoms with van der Waals surface area (Å²) in [6.07, 6.45) is 6.12. The monoisotopic (exact) mass is 290 g/mol. The van der Waals surface area contributed by atoms with Crippen molar-refractivity contribution in [3.63, 3.8) is 0 Å². The zero-order valence-corrected chi connectivity index (χ0v) is 13.0. The lowest BCUT2D eigenvalue weighted by molar-refractivity contribution is 0.0527. The number of anilines is 2. The van der Waals surface area contributed by atoms with E-state index >= 15 is 0 Å². The van der Waals surface area contributed by atoms with Gasteiger partial charge in [-0.3, -0.25) is 0 Å². The highest BCUT2D eigenvalue weighted by molar-refractivity contribution is 5.96. The SMILES string of the molecule is CCOC(=O)c1cc(N)ccc1NC1CCCC(CC)C1. The summed E-state index contributed by atoms with van der Waals surface area (Å²) < 4.78 is 5.12. The van der Waals surface area contributed by atoms with Crippen molar-refractivity contribution < 1.29 is 9.53 Å². The van der Waals surface area contributed by atoms with Crippen LogP contribution < -0.4 is 11.1 Å². The molecule has 0 bridgehead atoms.